The Morgan fingerprint density at radius 2 is 1.40 bits per heavy atom. The van der Waals surface area contributed by atoms with Gasteiger partial charge >= 0.3 is 5.97 Å². The van der Waals surface area contributed by atoms with Crippen LogP contribution in [0.2, 0.25) is 39.3 Å². The van der Waals surface area contributed by atoms with Gasteiger partial charge in [-0.25, -0.2) is 4.79 Å². The van der Waals surface area contributed by atoms with E-state index in [0.29, 0.717) is 0 Å². The second-order valence-electron chi connectivity index (χ2n) is 5.80. The minimum atomic E-state index is -1.49. The van der Waals surface area contributed by atoms with Gasteiger partial charge in [0.15, 0.2) is 0 Å². The van der Waals surface area contributed by atoms with E-state index >= 15 is 0 Å². The highest BCUT2D eigenvalue weighted by atomic mass is 28.4. The highest BCUT2D eigenvalue weighted by Gasteiger charge is 2.34. The third-order valence-corrected chi connectivity index (χ3v) is 9.44. The predicted molar refractivity (Wildman–Crippen MR) is 69.9 cm³/mol. The number of rotatable bonds is 4. The van der Waals surface area contributed by atoms with Crippen molar-refractivity contribution in [1.29, 1.82) is 0 Å². The summed E-state index contributed by atoms with van der Waals surface area (Å²) in [5, 5.41) is 8.79. The first-order valence-corrected chi connectivity index (χ1v) is 12.1. The van der Waals surface area contributed by atoms with Gasteiger partial charge < -0.3 is 9.34 Å². The molecule has 0 fully saturated rings. The van der Waals surface area contributed by atoms with Gasteiger partial charge in [-0.1, -0.05) is 39.3 Å². The Labute approximate surface area is 95.0 Å². The van der Waals surface area contributed by atoms with Crippen LogP contribution in [-0.4, -0.2) is 31.8 Å². The molecule has 5 heteroatoms. The van der Waals surface area contributed by atoms with Gasteiger partial charge in [0, 0.05) is 11.8 Å². The zero-order chi connectivity index (χ0) is 12.4. The molecule has 0 rings (SSSR count). The van der Waals surface area contributed by atoms with Crippen LogP contribution in [0.15, 0.2) is 11.8 Å². The van der Waals surface area contributed by atoms with Crippen LogP contribution in [0.25, 0.3) is 0 Å². The zero-order valence-corrected chi connectivity index (χ0v) is 12.9. The maximum absolute atomic E-state index is 10.7. The lowest BCUT2D eigenvalue weighted by Gasteiger charge is -2.46. The van der Waals surface area contributed by atoms with Crippen molar-refractivity contribution in [2.45, 2.75) is 46.2 Å². The van der Waals surface area contributed by atoms with E-state index < -0.39 is 22.4 Å². The van der Waals surface area contributed by atoms with E-state index in [4.69, 9.17) is 5.11 Å². The molecule has 3 nitrogen and oxygen atoms in total. The van der Waals surface area contributed by atoms with Crippen molar-refractivity contribution in [3.63, 3.8) is 0 Å². The number of hydrogen-bond acceptors (Lipinski definition) is 2. The fraction of sp³-hybridized carbons (Fsp3) is 0.700. The Morgan fingerprint density at radius 1 is 1.07 bits per heavy atom. The van der Waals surface area contributed by atoms with Crippen LogP contribution in [0.4, 0.5) is 0 Å². The van der Waals surface area contributed by atoms with Crippen LogP contribution in [0, 0.1) is 0 Å². The summed E-state index contributed by atoms with van der Waals surface area (Å²) in [7, 11) is -2.98. The number of hydrogen-bond donors (Lipinski definition) is 1. The smallest absolute Gasteiger partial charge is 0.329 e. The molecule has 88 valence electrons. The fourth-order valence-electron chi connectivity index (χ4n) is 2.31. The quantitative estimate of drug-likeness (QED) is 0.611. The van der Waals surface area contributed by atoms with Crippen molar-refractivity contribution in [2.24, 2.45) is 0 Å². The first-order valence-electron chi connectivity index (χ1n) is 5.18. The molecule has 0 unspecified atom stereocenters. The Bertz CT molecular complexity index is 260. The molecule has 0 aliphatic heterocycles. The Balaban J connectivity index is 5.24. The molecule has 0 amide bonds. The second-order valence-corrected chi connectivity index (χ2v) is 15.8. The molecule has 15 heavy (non-hydrogen) atoms. The van der Waals surface area contributed by atoms with Crippen molar-refractivity contribution < 1.29 is 9.90 Å². The second kappa shape index (κ2) is 4.53. The Hall–Kier alpha value is -0.556. The third kappa shape index (κ3) is 4.66. The van der Waals surface area contributed by atoms with E-state index in [0.717, 1.165) is 5.70 Å². The van der Waals surface area contributed by atoms with E-state index in [1.165, 1.54) is 6.08 Å². The molecule has 1 N–H and O–H groups in total. The van der Waals surface area contributed by atoms with Gasteiger partial charge in [-0.15, -0.1) is 0 Å². The van der Waals surface area contributed by atoms with Crippen LogP contribution in [0.1, 0.15) is 6.92 Å². The van der Waals surface area contributed by atoms with Gasteiger partial charge in [0.05, 0.1) is 0 Å². The number of carbonyl (C=O) groups is 1. The van der Waals surface area contributed by atoms with Gasteiger partial charge in [0.2, 0.25) is 0 Å². The van der Waals surface area contributed by atoms with Crippen LogP contribution >= 0.6 is 0 Å². The lowest BCUT2D eigenvalue weighted by atomic mass is 10.4. The predicted octanol–water partition coefficient (Wildman–Crippen LogP) is 2.95. The number of carboxylic acid groups (broad SMARTS) is 1. The van der Waals surface area contributed by atoms with Gasteiger partial charge in [-0.2, -0.15) is 0 Å². The summed E-state index contributed by atoms with van der Waals surface area (Å²) in [4.78, 5) is 10.7. The number of aliphatic carboxylic acids is 1. The van der Waals surface area contributed by atoms with Crippen molar-refractivity contribution in [3.05, 3.63) is 11.8 Å². The lowest BCUT2D eigenvalue weighted by molar-refractivity contribution is -0.131. The molecule has 0 aliphatic rings. The van der Waals surface area contributed by atoms with Crippen LogP contribution in [-0.2, 0) is 4.79 Å². The molecule has 0 heterocycles. The summed E-state index contributed by atoms with van der Waals surface area (Å²) in [5.41, 5.74) is 0.904. The van der Waals surface area contributed by atoms with Gasteiger partial charge in [0.1, 0.15) is 16.5 Å². The van der Waals surface area contributed by atoms with Crippen LogP contribution in [0.5, 0.6) is 0 Å². The summed E-state index contributed by atoms with van der Waals surface area (Å²) < 4.78 is 2.40. The minimum absolute atomic E-state index is 0.853. The summed E-state index contributed by atoms with van der Waals surface area (Å²) in [6, 6.07) is 0. The molecule has 0 bridgehead atoms. The molecule has 0 saturated carbocycles. The first kappa shape index (κ1) is 14.4. The van der Waals surface area contributed by atoms with Crippen molar-refractivity contribution in [2.75, 3.05) is 0 Å². The number of nitrogens with zero attached hydrogens (tertiary/aromatic N) is 1. The monoisotopic (exact) mass is 245 g/mol. The SMILES string of the molecule is CC(=CC(=O)O)N([Si](C)(C)C)[Si](C)(C)C. The van der Waals surface area contributed by atoms with Crippen molar-refractivity contribution in [1.82, 2.24) is 4.23 Å². The first-order chi connectivity index (χ1) is 6.46. The lowest BCUT2D eigenvalue weighted by Crippen LogP contribution is -2.57. The minimum Gasteiger partial charge on any atom is -0.478 e. The Kier molecular flexibility index (Phi) is 4.36. The van der Waals surface area contributed by atoms with E-state index in [2.05, 4.69) is 43.5 Å². The summed E-state index contributed by atoms with van der Waals surface area (Å²) in [6.45, 7) is 15.4. The molecule has 0 atom stereocenters. The standard InChI is InChI=1S/C10H23NO2Si2/c1-9(8-10(12)13)11(14(2,3)4)15(5,6)7/h8H,1-7H3,(H,12,13). The molecule has 0 spiro atoms. The Morgan fingerprint density at radius 3 is 1.60 bits per heavy atom. The van der Waals surface area contributed by atoms with E-state index in [1.807, 2.05) is 6.92 Å². The van der Waals surface area contributed by atoms with E-state index in [1.54, 1.807) is 0 Å². The van der Waals surface area contributed by atoms with Crippen LogP contribution in [0.3, 0.4) is 0 Å². The molecule has 0 radical (unpaired) electrons. The average Bonchev–Trinajstić information content (AvgIpc) is 1.74. The van der Waals surface area contributed by atoms with E-state index in [9.17, 15) is 4.79 Å². The average molecular weight is 245 g/mol. The van der Waals surface area contributed by atoms with Gasteiger partial charge in [-0.05, 0) is 6.92 Å². The molecular formula is C10H23NO2Si2. The number of allylic oxidation sites excluding steroid dienone is 1. The van der Waals surface area contributed by atoms with E-state index in [-0.39, 0.29) is 0 Å². The van der Waals surface area contributed by atoms with Crippen molar-refractivity contribution in [3.8, 4) is 0 Å². The molecular weight excluding hydrogens is 222 g/mol. The zero-order valence-electron chi connectivity index (χ0n) is 10.9. The van der Waals surface area contributed by atoms with Gasteiger partial charge in [-0.3, -0.25) is 0 Å². The molecule has 0 aromatic heterocycles. The third-order valence-electron chi connectivity index (χ3n) is 2.03. The highest BCUT2D eigenvalue weighted by molar-refractivity contribution is 6.90. The van der Waals surface area contributed by atoms with Crippen molar-refractivity contribution >= 4 is 22.4 Å². The fourth-order valence-corrected chi connectivity index (χ4v) is 12.6. The van der Waals surface area contributed by atoms with Gasteiger partial charge in [0.25, 0.3) is 0 Å². The highest BCUT2D eigenvalue weighted by Crippen LogP contribution is 2.24. The summed E-state index contributed by atoms with van der Waals surface area (Å²) in [5.74, 6) is -0.853. The maximum Gasteiger partial charge on any atom is 0.329 e. The molecule has 0 aliphatic carbocycles. The normalized spacial score (nSPS) is 13.9. The number of carboxylic acids is 1. The maximum atomic E-state index is 10.7. The summed E-state index contributed by atoms with van der Waals surface area (Å²) >= 11 is 0. The molecule has 0 saturated heterocycles. The molecule has 0 aromatic rings. The summed E-state index contributed by atoms with van der Waals surface area (Å²) in [6.07, 6.45) is 1.33. The van der Waals surface area contributed by atoms with Crippen LogP contribution < -0.4 is 0 Å². The molecule has 0 aromatic carbocycles. The topological polar surface area (TPSA) is 40.5 Å². The largest absolute Gasteiger partial charge is 0.478 e.